The summed E-state index contributed by atoms with van der Waals surface area (Å²) in [6, 6.07) is 7.52. The highest BCUT2D eigenvalue weighted by Gasteiger charge is 2.42. The first kappa shape index (κ1) is 15.3. The molecule has 2 N–H and O–H groups in total. The lowest BCUT2D eigenvalue weighted by Gasteiger charge is -2.41. The molecule has 3 atom stereocenters. The van der Waals surface area contributed by atoms with Crippen molar-refractivity contribution in [3.8, 4) is 0 Å². The highest BCUT2D eigenvalue weighted by molar-refractivity contribution is 6.31. The molecule has 3 nitrogen and oxygen atoms in total. The Morgan fingerprint density at radius 1 is 1.35 bits per heavy atom. The molecule has 1 fully saturated rings. The van der Waals surface area contributed by atoms with E-state index in [9.17, 15) is 4.79 Å². The minimum Gasteiger partial charge on any atom is -0.343 e. The first-order valence-corrected chi connectivity index (χ1v) is 7.76. The molecule has 4 heteroatoms. The van der Waals surface area contributed by atoms with Gasteiger partial charge in [0.25, 0.3) is 0 Å². The minimum atomic E-state index is -0.151. The van der Waals surface area contributed by atoms with Gasteiger partial charge < -0.3 is 10.6 Å². The second kappa shape index (κ2) is 6.59. The van der Waals surface area contributed by atoms with E-state index in [0.717, 1.165) is 31.5 Å². The second-order valence-corrected chi connectivity index (χ2v) is 5.81. The molecule has 20 heavy (non-hydrogen) atoms. The van der Waals surface area contributed by atoms with Gasteiger partial charge in [0.2, 0.25) is 5.91 Å². The van der Waals surface area contributed by atoms with Gasteiger partial charge in [0.1, 0.15) is 0 Å². The lowest BCUT2D eigenvalue weighted by molar-refractivity contribution is -0.141. The largest absolute Gasteiger partial charge is 0.343 e. The number of carbonyl (C=O) groups is 1. The van der Waals surface area contributed by atoms with Crippen molar-refractivity contribution in [1.82, 2.24) is 4.90 Å². The Kier molecular flexibility index (Phi) is 5.06. The molecule has 2 rings (SSSR count). The highest BCUT2D eigenvalue weighted by Crippen LogP contribution is 2.44. The summed E-state index contributed by atoms with van der Waals surface area (Å²) in [4.78, 5) is 14.4. The Labute approximate surface area is 126 Å². The van der Waals surface area contributed by atoms with Gasteiger partial charge in [-0.2, -0.15) is 0 Å². The quantitative estimate of drug-likeness (QED) is 0.906. The maximum atomic E-state index is 12.5. The second-order valence-electron chi connectivity index (χ2n) is 5.41. The predicted molar refractivity (Wildman–Crippen MR) is 82.5 cm³/mol. The van der Waals surface area contributed by atoms with Gasteiger partial charge in [0.15, 0.2) is 0 Å². The van der Waals surface area contributed by atoms with Gasteiger partial charge in [-0.05, 0) is 44.2 Å². The molecule has 1 aromatic rings. The van der Waals surface area contributed by atoms with Crippen LogP contribution in [0.5, 0.6) is 0 Å². The third kappa shape index (κ3) is 2.84. The fourth-order valence-corrected chi connectivity index (χ4v) is 3.27. The summed E-state index contributed by atoms with van der Waals surface area (Å²) in [7, 11) is 0. The molecule has 1 saturated carbocycles. The van der Waals surface area contributed by atoms with Crippen molar-refractivity contribution in [3.63, 3.8) is 0 Å². The van der Waals surface area contributed by atoms with Gasteiger partial charge in [0.05, 0.1) is 0 Å². The average molecular weight is 295 g/mol. The molecule has 1 aliphatic rings. The lowest BCUT2D eigenvalue weighted by atomic mass is 9.67. The van der Waals surface area contributed by atoms with Crippen LogP contribution in [0.1, 0.15) is 38.3 Å². The van der Waals surface area contributed by atoms with Crippen molar-refractivity contribution in [2.75, 3.05) is 13.1 Å². The lowest BCUT2D eigenvalue weighted by Crippen LogP contribution is -2.46. The number of amides is 1. The normalized spacial score (nSPS) is 23.0. The van der Waals surface area contributed by atoms with Crippen molar-refractivity contribution in [3.05, 3.63) is 34.9 Å². The number of carbonyl (C=O) groups excluding carboxylic acids is 1. The van der Waals surface area contributed by atoms with Gasteiger partial charge in [-0.3, -0.25) is 4.79 Å². The number of halogens is 1. The minimum absolute atomic E-state index is 0.0566. The summed E-state index contributed by atoms with van der Waals surface area (Å²) >= 11 is 6.21. The van der Waals surface area contributed by atoms with Crippen LogP contribution in [-0.4, -0.2) is 23.9 Å². The van der Waals surface area contributed by atoms with Crippen LogP contribution in [-0.2, 0) is 4.79 Å². The smallest absolute Gasteiger partial charge is 0.226 e. The highest BCUT2D eigenvalue weighted by atomic mass is 35.5. The summed E-state index contributed by atoms with van der Waals surface area (Å²) in [5.74, 6) is 0.512. The molecule has 0 bridgehead atoms. The van der Waals surface area contributed by atoms with Crippen LogP contribution in [0.4, 0.5) is 0 Å². The van der Waals surface area contributed by atoms with Crippen LogP contribution in [0.25, 0.3) is 0 Å². The zero-order chi connectivity index (χ0) is 14.7. The van der Waals surface area contributed by atoms with Crippen LogP contribution < -0.4 is 5.73 Å². The molecule has 0 aromatic heterocycles. The van der Waals surface area contributed by atoms with Crippen molar-refractivity contribution in [2.45, 2.75) is 32.7 Å². The Hall–Kier alpha value is -1.06. The van der Waals surface area contributed by atoms with E-state index in [1.54, 1.807) is 0 Å². The summed E-state index contributed by atoms with van der Waals surface area (Å²) in [6.45, 7) is 5.56. The van der Waals surface area contributed by atoms with E-state index in [0.29, 0.717) is 5.02 Å². The van der Waals surface area contributed by atoms with Crippen molar-refractivity contribution in [1.29, 1.82) is 0 Å². The van der Waals surface area contributed by atoms with Crippen molar-refractivity contribution < 1.29 is 4.79 Å². The van der Waals surface area contributed by atoms with Gasteiger partial charge in [-0.25, -0.2) is 0 Å². The Morgan fingerprint density at radius 3 is 2.50 bits per heavy atom. The van der Waals surface area contributed by atoms with Gasteiger partial charge in [-0.1, -0.05) is 29.8 Å². The molecule has 110 valence electrons. The van der Waals surface area contributed by atoms with E-state index in [1.807, 2.05) is 43.0 Å². The Bertz CT molecular complexity index is 473. The first-order chi connectivity index (χ1) is 9.60. The van der Waals surface area contributed by atoms with Crippen LogP contribution in [0.2, 0.25) is 5.02 Å². The molecule has 1 aromatic carbocycles. The molecule has 3 unspecified atom stereocenters. The number of nitrogens with zero attached hydrogens (tertiary/aromatic N) is 1. The standard InChI is InChI=1S/C16H23ClN2O/c1-3-19(4-2)16(20)12-10-9-11(12)15(18)13-7-5-6-8-14(13)17/h5-8,11-12,15H,3-4,9-10,18H2,1-2H3. The van der Waals surface area contributed by atoms with E-state index in [1.165, 1.54) is 0 Å². The molecule has 0 aliphatic heterocycles. The van der Waals surface area contributed by atoms with Crippen LogP contribution in [0.3, 0.4) is 0 Å². The van der Waals surface area contributed by atoms with E-state index >= 15 is 0 Å². The summed E-state index contributed by atoms with van der Waals surface area (Å²) in [5.41, 5.74) is 7.31. The third-order valence-electron chi connectivity index (χ3n) is 4.45. The Morgan fingerprint density at radius 2 is 2.00 bits per heavy atom. The van der Waals surface area contributed by atoms with Crippen LogP contribution in [0.15, 0.2) is 24.3 Å². The van der Waals surface area contributed by atoms with Crippen molar-refractivity contribution >= 4 is 17.5 Å². The van der Waals surface area contributed by atoms with Crippen LogP contribution in [0, 0.1) is 11.8 Å². The maximum Gasteiger partial charge on any atom is 0.226 e. The van der Waals surface area contributed by atoms with E-state index in [2.05, 4.69) is 0 Å². The molecule has 0 spiro atoms. The SMILES string of the molecule is CCN(CC)C(=O)C1CCC1C(N)c1ccccc1Cl. The predicted octanol–water partition coefficient (Wildman–Crippen LogP) is 3.23. The van der Waals surface area contributed by atoms with Crippen LogP contribution >= 0.6 is 11.6 Å². The zero-order valence-corrected chi connectivity index (χ0v) is 12.9. The summed E-state index contributed by atoms with van der Waals surface area (Å²) in [5, 5.41) is 0.695. The maximum absolute atomic E-state index is 12.5. The van der Waals surface area contributed by atoms with Gasteiger partial charge >= 0.3 is 0 Å². The Balaban J connectivity index is 2.10. The molecule has 0 heterocycles. The van der Waals surface area contributed by atoms with Crippen molar-refractivity contribution in [2.24, 2.45) is 17.6 Å². The van der Waals surface area contributed by atoms with E-state index < -0.39 is 0 Å². The van der Waals surface area contributed by atoms with Gasteiger partial charge in [-0.15, -0.1) is 0 Å². The molecule has 1 amide bonds. The van der Waals surface area contributed by atoms with Gasteiger partial charge in [0, 0.05) is 30.1 Å². The third-order valence-corrected chi connectivity index (χ3v) is 4.79. The molecular formula is C16H23ClN2O. The molecule has 1 aliphatic carbocycles. The van der Waals surface area contributed by atoms with E-state index in [4.69, 9.17) is 17.3 Å². The number of hydrogen-bond donors (Lipinski definition) is 1. The zero-order valence-electron chi connectivity index (χ0n) is 12.2. The summed E-state index contributed by atoms with van der Waals surface area (Å²) < 4.78 is 0. The average Bonchev–Trinajstić information content (AvgIpc) is 2.39. The number of benzene rings is 1. The summed E-state index contributed by atoms with van der Waals surface area (Å²) in [6.07, 6.45) is 1.95. The van der Waals surface area contributed by atoms with E-state index in [-0.39, 0.29) is 23.8 Å². The monoisotopic (exact) mass is 294 g/mol. The number of nitrogens with two attached hydrogens (primary N) is 1. The fraction of sp³-hybridized carbons (Fsp3) is 0.562. The first-order valence-electron chi connectivity index (χ1n) is 7.38. The molecule has 0 saturated heterocycles. The number of rotatable bonds is 5. The number of hydrogen-bond acceptors (Lipinski definition) is 2. The topological polar surface area (TPSA) is 46.3 Å². The molecular weight excluding hydrogens is 272 g/mol. The fourth-order valence-electron chi connectivity index (χ4n) is 3.01. The molecule has 0 radical (unpaired) electrons.